The lowest BCUT2D eigenvalue weighted by atomic mass is 9.98. The van der Waals surface area contributed by atoms with Crippen molar-refractivity contribution >= 4 is 35.1 Å². The van der Waals surface area contributed by atoms with Gasteiger partial charge >= 0.3 is 0 Å². The Balaban J connectivity index is 1.35. The number of piperidine rings is 1. The molecule has 0 aliphatic carbocycles. The van der Waals surface area contributed by atoms with E-state index in [1.807, 2.05) is 16.7 Å². The number of hydrogen-bond donors (Lipinski definition) is 1. The molecule has 0 spiro atoms. The van der Waals surface area contributed by atoms with E-state index in [1.54, 1.807) is 12.3 Å². The lowest BCUT2D eigenvalue weighted by Gasteiger charge is -2.31. The van der Waals surface area contributed by atoms with Gasteiger partial charge in [0.05, 0.1) is 24.1 Å². The summed E-state index contributed by atoms with van der Waals surface area (Å²) in [4.78, 5) is 26.7. The van der Waals surface area contributed by atoms with E-state index in [9.17, 15) is 14.0 Å². The SMILES string of the molecule is CC1CCN(c2nnc(SCC(=O)c3cc4c(cc3F)NC(=O)CC4)n2Cc2ccco2)CC1. The second-order valence-corrected chi connectivity index (χ2v) is 9.81. The summed E-state index contributed by atoms with van der Waals surface area (Å²) in [7, 11) is 0. The molecule has 0 saturated carbocycles. The van der Waals surface area contributed by atoms with E-state index in [4.69, 9.17) is 4.42 Å². The van der Waals surface area contributed by atoms with Crippen LogP contribution in [0.3, 0.4) is 0 Å². The third-order valence-corrected chi connectivity index (χ3v) is 7.35. The van der Waals surface area contributed by atoms with Gasteiger partial charge in [-0.05, 0) is 55.0 Å². The standard InChI is InChI=1S/C24H26FN5O3S/c1-15-6-8-29(9-7-15)23-27-28-24(30(23)13-17-3-2-10-33-17)34-14-21(31)18-11-16-4-5-22(32)26-20(16)12-19(18)25/h2-3,10-12,15H,4-9,13-14H2,1H3,(H,26,32). The fraction of sp³-hybridized carbons (Fsp3) is 0.417. The number of nitrogens with one attached hydrogen (secondary N) is 1. The van der Waals surface area contributed by atoms with Crippen LogP contribution in [0.4, 0.5) is 16.0 Å². The van der Waals surface area contributed by atoms with Crippen molar-refractivity contribution in [2.45, 2.75) is 44.3 Å². The van der Waals surface area contributed by atoms with Gasteiger partial charge < -0.3 is 14.6 Å². The third kappa shape index (κ3) is 4.72. The molecule has 8 nitrogen and oxygen atoms in total. The highest BCUT2D eigenvalue weighted by atomic mass is 32.2. The van der Waals surface area contributed by atoms with Crippen molar-refractivity contribution in [1.82, 2.24) is 14.8 Å². The van der Waals surface area contributed by atoms with E-state index >= 15 is 0 Å². The van der Waals surface area contributed by atoms with Gasteiger partial charge in [0.25, 0.3) is 0 Å². The van der Waals surface area contributed by atoms with Crippen molar-refractivity contribution in [3.63, 3.8) is 0 Å². The summed E-state index contributed by atoms with van der Waals surface area (Å²) in [5.41, 5.74) is 1.25. The van der Waals surface area contributed by atoms with Crippen LogP contribution in [0.2, 0.25) is 0 Å². The van der Waals surface area contributed by atoms with Crippen molar-refractivity contribution in [3.05, 3.63) is 53.2 Å². The molecule has 1 amide bonds. The maximum Gasteiger partial charge on any atom is 0.228 e. The van der Waals surface area contributed by atoms with Crippen LogP contribution in [-0.4, -0.2) is 45.3 Å². The first-order valence-electron chi connectivity index (χ1n) is 11.5. The fourth-order valence-electron chi connectivity index (χ4n) is 4.35. The lowest BCUT2D eigenvalue weighted by molar-refractivity contribution is -0.116. The predicted molar refractivity (Wildman–Crippen MR) is 127 cm³/mol. The van der Waals surface area contributed by atoms with Gasteiger partial charge in [0.2, 0.25) is 11.9 Å². The summed E-state index contributed by atoms with van der Waals surface area (Å²) < 4.78 is 22.2. The van der Waals surface area contributed by atoms with Gasteiger partial charge in [-0.3, -0.25) is 14.2 Å². The lowest BCUT2D eigenvalue weighted by Crippen LogP contribution is -2.35. The minimum atomic E-state index is -0.633. The Kier molecular flexibility index (Phi) is 6.40. The summed E-state index contributed by atoms with van der Waals surface area (Å²) in [5, 5.41) is 12.0. The van der Waals surface area contributed by atoms with Crippen LogP contribution in [0.1, 0.15) is 47.9 Å². The molecule has 10 heteroatoms. The quantitative estimate of drug-likeness (QED) is 0.398. The zero-order valence-electron chi connectivity index (χ0n) is 18.9. The average Bonchev–Trinajstić information content (AvgIpc) is 3.48. The number of hydrogen-bond acceptors (Lipinski definition) is 7. The third-order valence-electron chi connectivity index (χ3n) is 6.38. The van der Waals surface area contributed by atoms with Gasteiger partial charge in [0.15, 0.2) is 10.9 Å². The fourth-order valence-corrected chi connectivity index (χ4v) is 5.17. The molecule has 178 valence electrons. The van der Waals surface area contributed by atoms with E-state index in [2.05, 4.69) is 27.3 Å². The molecule has 4 heterocycles. The first-order valence-corrected chi connectivity index (χ1v) is 12.5. The Morgan fingerprint density at radius 3 is 2.85 bits per heavy atom. The van der Waals surface area contributed by atoms with Gasteiger partial charge in [-0.2, -0.15) is 0 Å². The number of halogens is 1. The van der Waals surface area contributed by atoms with E-state index in [0.29, 0.717) is 36.1 Å². The zero-order valence-corrected chi connectivity index (χ0v) is 19.7. The highest BCUT2D eigenvalue weighted by Crippen LogP contribution is 2.30. The van der Waals surface area contributed by atoms with E-state index in [0.717, 1.165) is 43.2 Å². The summed E-state index contributed by atoms with van der Waals surface area (Å²) in [6.45, 7) is 4.51. The summed E-state index contributed by atoms with van der Waals surface area (Å²) in [6.07, 6.45) is 4.62. The molecule has 0 atom stereocenters. The van der Waals surface area contributed by atoms with Crippen LogP contribution in [0, 0.1) is 11.7 Å². The molecule has 3 aromatic rings. The molecule has 1 saturated heterocycles. The molecule has 1 N–H and O–H groups in total. The monoisotopic (exact) mass is 483 g/mol. The highest BCUT2D eigenvalue weighted by molar-refractivity contribution is 7.99. The Labute approximate surface area is 200 Å². The molecule has 5 rings (SSSR count). The van der Waals surface area contributed by atoms with Crippen LogP contribution >= 0.6 is 11.8 Å². The van der Waals surface area contributed by atoms with Crippen LogP contribution in [0.5, 0.6) is 0 Å². The molecule has 2 aliphatic rings. The van der Waals surface area contributed by atoms with Gasteiger partial charge in [-0.15, -0.1) is 10.2 Å². The zero-order chi connectivity index (χ0) is 23.7. The molecular weight excluding hydrogens is 457 g/mol. The number of aromatic nitrogens is 3. The minimum Gasteiger partial charge on any atom is -0.467 e. The molecule has 0 radical (unpaired) electrons. The Bertz CT molecular complexity index is 1200. The Hall–Kier alpha value is -3.14. The predicted octanol–water partition coefficient (Wildman–Crippen LogP) is 4.15. The molecule has 2 aromatic heterocycles. The molecule has 1 fully saturated rings. The maximum absolute atomic E-state index is 14.7. The molecule has 2 aliphatic heterocycles. The first-order chi connectivity index (χ1) is 16.5. The van der Waals surface area contributed by atoms with Crippen molar-refractivity contribution in [1.29, 1.82) is 0 Å². The second kappa shape index (κ2) is 9.61. The number of ketones is 1. The highest BCUT2D eigenvalue weighted by Gasteiger charge is 2.25. The number of carbonyl (C=O) groups is 2. The largest absolute Gasteiger partial charge is 0.467 e. The number of rotatable bonds is 7. The van der Waals surface area contributed by atoms with Crippen LogP contribution in [-0.2, 0) is 17.8 Å². The number of carbonyl (C=O) groups excluding carboxylic acids is 2. The van der Waals surface area contributed by atoms with Crippen LogP contribution < -0.4 is 10.2 Å². The van der Waals surface area contributed by atoms with E-state index in [-0.39, 0.29) is 23.0 Å². The number of nitrogens with zero attached hydrogens (tertiary/aromatic N) is 4. The normalized spacial score (nSPS) is 16.4. The minimum absolute atomic E-state index is 0.0232. The Morgan fingerprint density at radius 1 is 1.26 bits per heavy atom. The average molecular weight is 484 g/mol. The number of Topliss-reactive ketones (excluding diaryl/α,β-unsaturated/α-hetero) is 1. The van der Waals surface area contributed by atoms with Crippen molar-refractivity contribution in [3.8, 4) is 0 Å². The summed E-state index contributed by atoms with van der Waals surface area (Å²) in [5.74, 6) is 1.13. The van der Waals surface area contributed by atoms with Gasteiger partial charge in [0, 0.05) is 25.2 Å². The van der Waals surface area contributed by atoms with Crippen LogP contribution in [0.25, 0.3) is 0 Å². The van der Waals surface area contributed by atoms with Crippen molar-refractivity contribution in [2.24, 2.45) is 5.92 Å². The molecule has 34 heavy (non-hydrogen) atoms. The van der Waals surface area contributed by atoms with Gasteiger partial charge in [-0.25, -0.2) is 4.39 Å². The number of benzene rings is 1. The number of fused-ring (bicyclic) bond motifs is 1. The maximum atomic E-state index is 14.7. The van der Waals surface area contributed by atoms with Crippen molar-refractivity contribution < 1.29 is 18.4 Å². The van der Waals surface area contributed by atoms with Gasteiger partial charge in [0.1, 0.15) is 11.6 Å². The molecule has 1 aromatic carbocycles. The molecular formula is C24H26FN5O3S. The molecule has 0 unspecified atom stereocenters. The van der Waals surface area contributed by atoms with E-state index in [1.165, 1.54) is 17.8 Å². The summed E-state index contributed by atoms with van der Waals surface area (Å²) >= 11 is 1.24. The second-order valence-electron chi connectivity index (χ2n) is 8.87. The first kappa shape index (κ1) is 22.6. The summed E-state index contributed by atoms with van der Waals surface area (Å²) in [6, 6.07) is 6.52. The van der Waals surface area contributed by atoms with Crippen molar-refractivity contribution in [2.75, 3.05) is 29.1 Å². The van der Waals surface area contributed by atoms with E-state index < -0.39 is 5.82 Å². The topological polar surface area (TPSA) is 93.3 Å². The Morgan fingerprint density at radius 2 is 2.09 bits per heavy atom. The van der Waals surface area contributed by atoms with Gasteiger partial charge in [-0.1, -0.05) is 18.7 Å². The number of thioether (sulfide) groups is 1. The number of amides is 1. The smallest absolute Gasteiger partial charge is 0.228 e. The number of anilines is 2. The molecule has 0 bridgehead atoms. The number of aryl methyl sites for hydroxylation is 1. The number of furan rings is 1. The van der Waals surface area contributed by atoms with Crippen LogP contribution in [0.15, 0.2) is 40.1 Å².